The van der Waals surface area contributed by atoms with E-state index in [1.165, 1.54) is 23.5 Å². The van der Waals surface area contributed by atoms with E-state index >= 15 is 0 Å². The van der Waals surface area contributed by atoms with Gasteiger partial charge in [-0.05, 0) is 23.8 Å². The molecule has 0 bridgehead atoms. The molecule has 4 aromatic rings. The van der Waals surface area contributed by atoms with E-state index < -0.39 is 0 Å². The van der Waals surface area contributed by atoms with E-state index in [9.17, 15) is 9.18 Å². The lowest BCUT2D eigenvalue weighted by molar-refractivity contribution is 0.628. The van der Waals surface area contributed by atoms with Crippen LogP contribution in [0, 0.1) is 5.82 Å². The average Bonchev–Trinajstić information content (AvgIpc) is 3.17. The normalized spacial score (nSPS) is 11.1. The van der Waals surface area contributed by atoms with Crippen LogP contribution in [0.3, 0.4) is 0 Å². The van der Waals surface area contributed by atoms with Crippen LogP contribution in [0.4, 0.5) is 4.39 Å². The van der Waals surface area contributed by atoms with Crippen LogP contribution in [-0.4, -0.2) is 15.0 Å². The summed E-state index contributed by atoms with van der Waals surface area (Å²) in [4.78, 5) is 23.4. The highest BCUT2D eigenvalue weighted by molar-refractivity contribution is 7.17. The van der Waals surface area contributed by atoms with Crippen molar-refractivity contribution >= 4 is 21.6 Å². The number of halogens is 1. The first-order valence-electron chi connectivity index (χ1n) is 6.63. The number of H-pyrrole nitrogens is 2. The van der Waals surface area contributed by atoms with Gasteiger partial charge in [0, 0.05) is 28.9 Å². The summed E-state index contributed by atoms with van der Waals surface area (Å²) in [5.41, 5.74) is 2.21. The SMILES string of the molecule is O=c1[nH]c(-c2cc[nH]c2)nc2scc(-c3ccc(F)cc3)c12. The maximum atomic E-state index is 13.1. The monoisotopic (exact) mass is 311 g/mol. The van der Waals surface area contributed by atoms with Gasteiger partial charge in [0.1, 0.15) is 16.5 Å². The van der Waals surface area contributed by atoms with Crippen molar-refractivity contribution in [2.75, 3.05) is 0 Å². The van der Waals surface area contributed by atoms with Crippen molar-refractivity contribution < 1.29 is 4.39 Å². The highest BCUT2D eigenvalue weighted by atomic mass is 32.1. The summed E-state index contributed by atoms with van der Waals surface area (Å²) >= 11 is 1.40. The highest BCUT2D eigenvalue weighted by Gasteiger charge is 2.13. The number of rotatable bonds is 2. The van der Waals surface area contributed by atoms with Crippen molar-refractivity contribution in [3.05, 3.63) is 64.3 Å². The fourth-order valence-electron chi connectivity index (χ4n) is 2.40. The van der Waals surface area contributed by atoms with Gasteiger partial charge in [-0.2, -0.15) is 0 Å². The first kappa shape index (κ1) is 13.0. The van der Waals surface area contributed by atoms with Crippen LogP contribution in [0.25, 0.3) is 32.7 Å². The minimum atomic E-state index is -0.301. The second-order valence-electron chi connectivity index (χ2n) is 4.85. The van der Waals surface area contributed by atoms with Crippen LogP contribution < -0.4 is 5.56 Å². The molecule has 2 N–H and O–H groups in total. The van der Waals surface area contributed by atoms with E-state index in [4.69, 9.17) is 0 Å². The van der Waals surface area contributed by atoms with Crippen molar-refractivity contribution in [1.29, 1.82) is 0 Å². The standard InChI is InChI=1S/C16H10FN3OS/c17-11-3-1-9(2-4-11)12-8-22-16-13(12)15(21)19-14(20-16)10-5-6-18-7-10/h1-8,18H,(H,19,20,21). The number of fused-ring (bicyclic) bond motifs is 1. The molecule has 3 heterocycles. The summed E-state index contributed by atoms with van der Waals surface area (Å²) < 4.78 is 13.1. The van der Waals surface area contributed by atoms with Crippen LogP contribution >= 0.6 is 11.3 Å². The molecule has 6 heteroatoms. The Bertz CT molecular complexity index is 1000. The number of nitrogens with zero attached hydrogens (tertiary/aromatic N) is 1. The quantitative estimate of drug-likeness (QED) is 0.592. The van der Waals surface area contributed by atoms with E-state index in [0.29, 0.717) is 16.0 Å². The van der Waals surface area contributed by atoms with E-state index in [1.54, 1.807) is 24.5 Å². The van der Waals surface area contributed by atoms with Gasteiger partial charge in [-0.15, -0.1) is 11.3 Å². The highest BCUT2D eigenvalue weighted by Crippen LogP contribution is 2.31. The molecule has 3 aromatic heterocycles. The van der Waals surface area contributed by atoms with Gasteiger partial charge in [-0.25, -0.2) is 9.37 Å². The molecule has 0 unspecified atom stereocenters. The lowest BCUT2D eigenvalue weighted by atomic mass is 10.1. The average molecular weight is 311 g/mol. The number of nitrogens with one attached hydrogen (secondary N) is 2. The molecule has 4 nitrogen and oxygen atoms in total. The molecule has 0 amide bonds. The Kier molecular flexibility index (Phi) is 2.90. The molecular formula is C16H10FN3OS. The smallest absolute Gasteiger partial charge is 0.260 e. The summed E-state index contributed by atoms with van der Waals surface area (Å²) in [5, 5.41) is 2.41. The zero-order valence-electron chi connectivity index (χ0n) is 11.3. The summed E-state index contributed by atoms with van der Waals surface area (Å²) in [6, 6.07) is 7.94. The van der Waals surface area contributed by atoms with E-state index in [1.807, 2.05) is 11.4 Å². The largest absolute Gasteiger partial charge is 0.367 e. The molecular weight excluding hydrogens is 301 g/mol. The zero-order valence-corrected chi connectivity index (χ0v) is 12.1. The second kappa shape index (κ2) is 4.92. The lowest BCUT2D eigenvalue weighted by Gasteiger charge is -2.01. The molecule has 4 rings (SSSR count). The third-order valence-corrected chi connectivity index (χ3v) is 4.34. The first-order valence-corrected chi connectivity index (χ1v) is 7.51. The Balaban J connectivity index is 1.93. The first-order chi connectivity index (χ1) is 10.7. The second-order valence-corrected chi connectivity index (χ2v) is 5.71. The van der Waals surface area contributed by atoms with Crippen LogP contribution in [0.1, 0.15) is 0 Å². The lowest BCUT2D eigenvalue weighted by Crippen LogP contribution is -2.08. The van der Waals surface area contributed by atoms with Crippen LogP contribution in [-0.2, 0) is 0 Å². The van der Waals surface area contributed by atoms with Crippen molar-refractivity contribution in [2.45, 2.75) is 0 Å². The van der Waals surface area contributed by atoms with Crippen molar-refractivity contribution in [1.82, 2.24) is 15.0 Å². The third-order valence-electron chi connectivity index (χ3n) is 3.47. The molecule has 22 heavy (non-hydrogen) atoms. The van der Waals surface area contributed by atoms with E-state index in [2.05, 4.69) is 15.0 Å². The molecule has 0 aliphatic carbocycles. The van der Waals surface area contributed by atoms with Gasteiger partial charge >= 0.3 is 0 Å². The maximum Gasteiger partial charge on any atom is 0.260 e. The number of hydrogen-bond acceptors (Lipinski definition) is 3. The molecule has 108 valence electrons. The Labute approximate surface area is 128 Å². The molecule has 0 spiro atoms. The third kappa shape index (κ3) is 2.05. The fraction of sp³-hybridized carbons (Fsp3) is 0. The van der Waals surface area contributed by atoms with Gasteiger partial charge in [0.05, 0.1) is 5.39 Å². The molecule has 0 aliphatic heterocycles. The molecule has 0 saturated carbocycles. The zero-order chi connectivity index (χ0) is 15.1. The van der Waals surface area contributed by atoms with Crippen molar-refractivity contribution in [3.8, 4) is 22.5 Å². The minimum absolute atomic E-state index is 0.193. The summed E-state index contributed by atoms with van der Waals surface area (Å²) in [6.07, 6.45) is 3.55. The summed E-state index contributed by atoms with van der Waals surface area (Å²) in [6.45, 7) is 0. The molecule has 0 radical (unpaired) electrons. The van der Waals surface area contributed by atoms with Crippen molar-refractivity contribution in [2.24, 2.45) is 0 Å². The molecule has 0 saturated heterocycles. The van der Waals surface area contributed by atoms with E-state index in [-0.39, 0.29) is 11.4 Å². The Morgan fingerprint density at radius 2 is 1.91 bits per heavy atom. The topological polar surface area (TPSA) is 61.5 Å². The summed E-state index contributed by atoms with van der Waals surface area (Å²) in [7, 11) is 0. The van der Waals surface area contributed by atoms with Gasteiger partial charge in [0.15, 0.2) is 0 Å². The molecule has 0 aliphatic rings. The summed E-state index contributed by atoms with van der Waals surface area (Å²) in [5.74, 6) is 0.233. The van der Waals surface area contributed by atoms with Gasteiger partial charge in [0.25, 0.3) is 5.56 Å². The van der Waals surface area contributed by atoms with Crippen LogP contribution in [0.2, 0.25) is 0 Å². The Morgan fingerprint density at radius 3 is 2.64 bits per heavy atom. The van der Waals surface area contributed by atoms with Gasteiger partial charge in [-0.3, -0.25) is 4.79 Å². The van der Waals surface area contributed by atoms with Crippen LogP contribution in [0.15, 0.2) is 52.9 Å². The minimum Gasteiger partial charge on any atom is -0.367 e. The number of hydrogen-bond donors (Lipinski definition) is 2. The Morgan fingerprint density at radius 1 is 1.09 bits per heavy atom. The molecule has 1 aromatic carbocycles. The van der Waals surface area contributed by atoms with Gasteiger partial charge in [0.2, 0.25) is 0 Å². The van der Waals surface area contributed by atoms with Gasteiger partial charge in [-0.1, -0.05) is 12.1 Å². The number of benzene rings is 1. The fourth-order valence-corrected chi connectivity index (χ4v) is 3.35. The van der Waals surface area contributed by atoms with Crippen LogP contribution in [0.5, 0.6) is 0 Å². The predicted molar refractivity (Wildman–Crippen MR) is 85.4 cm³/mol. The number of aromatic amines is 2. The molecule has 0 atom stereocenters. The maximum absolute atomic E-state index is 13.1. The number of thiophene rings is 1. The molecule has 0 fully saturated rings. The number of aromatic nitrogens is 3. The predicted octanol–water partition coefficient (Wildman–Crippen LogP) is 3.79. The van der Waals surface area contributed by atoms with E-state index in [0.717, 1.165) is 16.7 Å². The van der Waals surface area contributed by atoms with Crippen molar-refractivity contribution in [3.63, 3.8) is 0 Å². The Hall–Kier alpha value is -2.73. The van der Waals surface area contributed by atoms with Gasteiger partial charge < -0.3 is 9.97 Å².